The van der Waals surface area contributed by atoms with E-state index in [1.165, 1.54) is 26.2 Å². The monoisotopic (exact) mass is 421 g/mol. The van der Waals surface area contributed by atoms with Crippen molar-refractivity contribution < 1.29 is 23.9 Å². The topological polar surface area (TPSA) is 61.2 Å². The number of amides is 1. The molecular formula is C22H30ClN2O4+. The van der Waals surface area contributed by atoms with Crippen LogP contribution in [0.4, 0.5) is 0 Å². The van der Waals surface area contributed by atoms with E-state index in [1.54, 1.807) is 12.1 Å². The lowest BCUT2D eigenvalue weighted by molar-refractivity contribution is -0.927. The van der Waals surface area contributed by atoms with E-state index in [2.05, 4.69) is 19.2 Å². The largest absolute Gasteiger partial charge is 0.493 e. The maximum absolute atomic E-state index is 12.9. The zero-order valence-electron chi connectivity index (χ0n) is 17.7. The van der Waals surface area contributed by atoms with E-state index in [0.717, 1.165) is 18.7 Å². The summed E-state index contributed by atoms with van der Waals surface area (Å²) in [7, 11) is 4.58. The van der Waals surface area contributed by atoms with Gasteiger partial charge in [0.05, 0.1) is 41.0 Å². The van der Waals surface area contributed by atoms with Gasteiger partial charge in [-0.2, -0.15) is 0 Å². The van der Waals surface area contributed by atoms with Gasteiger partial charge in [0.15, 0.2) is 11.5 Å². The molecule has 158 valence electrons. The van der Waals surface area contributed by atoms with Gasteiger partial charge in [-0.05, 0) is 32.0 Å². The van der Waals surface area contributed by atoms with E-state index in [1.807, 2.05) is 24.3 Å². The fourth-order valence-corrected chi connectivity index (χ4v) is 3.75. The lowest BCUT2D eigenvalue weighted by Gasteiger charge is -2.28. The Morgan fingerprint density at radius 2 is 1.62 bits per heavy atom. The van der Waals surface area contributed by atoms with E-state index in [-0.39, 0.29) is 11.9 Å². The molecule has 0 saturated heterocycles. The third-order valence-electron chi connectivity index (χ3n) is 5.08. The second kappa shape index (κ2) is 10.9. The maximum atomic E-state index is 12.9. The molecular weight excluding hydrogens is 392 g/mol. The highest BCUT2D eigenvalue weighted by atomic mass is 35.5. The number of methoxy groups -OCH3 is 3. The molecule has 0 aliphatic rings. The van der Waals surface area contributed by atoms with E-state index >= 15 is 0 Å². The molecule has 0 saturated carbocycles. The number of likely N-dealkylation sites (N-methyl/N-ethyl adjacent to an activating group) is 1. The minimum atomic E-state index is -0.215. The van der Waals surface area contributed by atoms with Crippen LogP contribution < -0.4 is 24.4 Å². The number of ether oxygens (including phenoxy) is 3. The second-order valence-electron chi connectivity index (χ2n) is 6.56. The molecule has 1 amide bonds. The Hall–Kier alpha value is -2.44. The van der Waals surface area contributed by atoms with Crippen molar-refractivity contribution in [3.8, 4) is 17.2 Å². The number of carbonyl (C=O) groups is 1. The fourth-order valence-electron chi connectivity index (χ4n) is 3.48. The lowest BCUT2D eigenvalue weighted by atomic mass is 10.0. The predicted molar refractivity (Wildman–Crippen MR) is 115 cm³/mol. The summed E-state index contributed by atoms with van der Waals surface area (Å²) in [6, 6.07) is 11.1. The normalized spacial score (nSPS) is 11.8. The summed E-state index contributed by atoms with van der Waals surface area (Å²) in [5.74, 6) is 1.11. The highest BCUT2D eigenvalue weighted by Gasteiger charge is 2.25. The van der Waals surface area contributed by atoms with Crippen molar-refractivity contribution in [2.75, 3.05) is 41.0 Å². The van der Waals surface area contributed by atoms with Gasteiger partial charge < -0.3 is 24.4 Å². The van der Waals surface area contributed by atoms with Gasteiger partial charge in [0, 0.05) is 16.1 Å². The standard InChI is InChI=1S/C22H29ClN2O4/c1-6-25(7-2)18(16-10-8-9-11-17(16)23)14-24-22(26)15-12-19(27-3)21(29-5)20(13-15)28-4/h8-13,18H,6-7,14H2,1-5H3,(H,24,26)/p+1/t18-/m0/s1. The van der Waals surface area contributed by atoms with Crippen LogP contribution in [0.3, 0.4) is 0 Å². The average molecular weight is 422 g/mol. The van der Waals surface area contributed by atoms with Gasteiger partial charge in [-0.15, -0.1) is 0 Å². The van der Waals surface area contributed by atoms with Crippen LogP contribution in [0.2, 0.25) is 5.02 Å². The van der Waals surface area contributed by atoms with Gasteiger partial charge in [0.1, 0.15) is 6.04 Å². The molecule has 0 heterocycles. The molecule has 1 atom stereocenters. The first-order chi connectivity index (χ1) is 14.0. The molecule has 7 heteroatoms. The van der Waals surface area contributed by atoms with Gasteiger partial charge in [-0.3, -0.25) is 4.79 Å². The quantitative estimate of drug-likeness (QED) is 0.619. The third kappa shape index (κ3) is 5.34. The number of hydrogen-bond acceptors (Lipinski definition) is 4. The molecule has 0 aliphatic heterocycles. The molecule has 0 fully saturated rings. The van der Waals surface area contributed by atoms with Crippen molar-refractivity contribution in [2.45, 2.75) is 19.9 Å². The average Bonchev–Trinajstić information content (AvgIpc) is 2.75. The van der Waals surface area contributed by atoms with Crippen LogP contribution in [-0.4, -0.2) is 46.9 Å². The fraction of sp³-hybridized carbons (Fsp3) is 0.409. The van der Waals surface area contributed by atoms with Crippen LogP contribution in [0.1, 0.15) is 35.8 Å². The zero-order valence-corrected chi connectivity index (χ0v) is 18.4. The summed E-state index contributed by atoms with van der Waals surface area (Å²) >= 11 is 6.45. The first-order valence-corrected chi connectivity index (χ1v) is 10.1. The summed E-state index contributed by atoms with van der Waals surface area (Å²) in [5, 5.41) is 3.75. The highest BCUT2D eigenvalue weighted by molar-refractivity contribution is 6.31. The van der Waals surface area contributed by atoms with E-state index < -0.39 is 0 Å². The minimum Gasteiger partial charge on any atom is -0.493 e. The molecule has 2 aromatic carbocycles. The number of quaternary nitrogens is 1. The van der Waals surface area contributed by atoms with E-state index in [4.69, 9.17) is 25.8 Å². The van der Waals surface area contributed by atoms with E-state index in [0.29, 0.717) is 34.4 Å². The second-order valence-corrected chi connectivity index (χ2v) is 6.97. The number of rotatable bonds is 10. The lowest BCUT2D eigenvalue weighted by Crippen LogP contribution is -3.12. The molecule has 0 spiro atoms. The number of halogens is 1. The summed E-state index contributed by atoms with van der Waals surface area (Å²) < 4.78 is 16.0. The van der Waals surface area contributed by atoms with Crippen LogP contribution in [0.5, 0.6) is 17.2 Å². The Morgan fingerprint density at radius 1 is 1.03 bits per heavy atom. The van der Waals surface area contributed by atoms with Gasteiger partial charge >= 0.3 is 0 Å². The molecule has 29 heavy (non-hydrogen) atoms. The van der Waals surface area contributed by atoms with Crippen LogP contribution >= 0.6 is 11.6 Å². The molecule has 0 bridgehead atoms. The third-order valence-corrected chi connectivity index (χ3v) is 5.42. The highest BCUT2D eigenvalue weighted by Crippen LogP contribution is 2.38. The number of nitrogens with one attached hydrogen (secondary N) is 2. The number of benzene rings is 2. The smallest absolute Gasteiger partial charge is 0.251 e. The first kappa shape index (κ1) is 22.8. The summed E-state index contributed by atoms with van der Waals surface area (Å²) in [4.78, 5) is 14.2. The Balaban J connectivity index is 2.27. The van der Waals surface area contributed by atoms with Gasteiger partial charge in [0.2, 0.25) is 5.75 Å². The van der Waals surface area contributed by atoms with Crippen molar-refractivity contribution in [3.05, 3.63) is 52.5 Å². The van der Waals surface area contributed by atoms with Crippen LogP contribution in [0.15, 0.2) is 36.4 Å². The van der Waals surface area contributed by atoms with Gasteiger partial charge in [0.25, 0.3) is 5.91 Å². The van der Waals surface area contributed by atoms with Crippen molar-refractivity contribution in [2.24, 2.45) is 0 Å². The number of carbonyl (C=O) groups excluding carboxylic acids is 1. The Kier molecular flexibility index (Phi) is 8.61. The molecule has 0 aromatic heterocycles. The maximum Gasteiger partial charge on any atom is 0.251 e. The molecule has 0 radical (unpaired) electrons. The van der Waals surface area contributed by atoms with E-state index in [9.17, 15) is 4.79 Å². The minimum absolute atomic E-state index is 0.0460. The van der Waals surface area contributed by atoms with Crippen LogP contribution in [-0.2, 0) is 0 Å². The Morgan fingerprint density at radius 3 is 2.10 bits per heavy atom. The molecule has 6 nitrogen and oxygen atoms in total. The van der Waals surface area contributed by atoms with Crippen molar-refractivity contribution in [3.63, 3.8) is 0 Å². The summed E-state index contributed by atoms with van der Waals surface area (Å²) in [5.41, 5.74) is 1.46. The molecule has 0 aliphatic carbocycles. The number of hydrogen-bond donors (Lipinski definition) is 2. The molecule has 2 N–H and O–H groups in total. The van der Waals surface area contributed by atoms with Crippen LogP contribution in [0, 0.1) is 0 Å². The first-order valence-electron chi connectivity index (χ1n) is 9.67. The Labute approximate surface area is 177 Å². The van der Waals surface area contributed by atoms with Gasteiger partial charge in [-0.1, -0.05) is 29.8 Å². The molecule has 0 unspecified atom stereocenters. The SMILES string of the molecule is CC[NH+](CC)[C@@H](CNC(=O)c1cc(OC)c(OC)c(OC)c1)c1ccccc1Cl. The molecule has 2 aromatic rings. The van der Waals surface area contributed by atoms with Gasteiger partial charge in [-0.25, -0.2) is 0 Å². The predicted octanol–water partition coefficient (Wildman–Crippen LogP) is 2.76. The van der Waals surface area contributed by atoms with Crippen molar-refractivity contribution in [1.29, 1.82) is 0 Å². The summed E-state index contributed by atoms with van der Waals surface area (Å²) in [6.45, 7) is 6.56. The summed E-state index contributed by atoms with van der Waals surface area (Å²) in [6.07, 6.45) is 0. The molecule has 2 rings (SSSR count). The van der Waals surface area contributed by atoms with Crippen LogP contribution in [0.25, 0.3) is 0 Å². The van der Waals surface area contributed by atoms with Crippen molar-refractivity contribution in [1.82, 2.24) is 5.32 Å². The zero-order chi connectivity index (χ0) is 21.4. The Bertz CT molecular complexity index is 799. The van der Waals surface area contributed by atoms with Crippen molar-refractivity contribution >= 4 is 17.5 Å².